The van der Waals surface area contributed by atoms with Gasteiger partial charge in [0.1, 0.15) is 5.01 Å². The molecule has 0 bridgehead atoms. The maximum absolute atomic E-state index is 4.46. The van der Waals surface area contributed by atoms with Crippen molar-refractivity contribution in [2.45, 2.75) is 52.1 Å². The molecular formula is C13H22N2S. The highest BCUT2D eigenvalue weighted by molar-refractivity contribution is 7.11. The molecule has 1 unspecified atom stereocenters. The summed E-state index contributed by atoms with van der Waals surface area (Å²) >= 11 is 1.77. The lowest BCUT2D eigenvalue weighted by molar-refractivity contribution is 0.342. The molecule has 0 saturated carbocycles. The molecular weight excluding hydrogens is 216 g/mol. The van der Waals surface area contributed by atoms with Gasteiger partial charge in [-0.1, -0.05) is 6.08 Å². The molecule has 1 atom stereocenters. The van der Waals surface area contributed by atoms with Crippen LogP contribution in [0.25, 0.3) is 0 Å². The Morgan fingerprint density at radius 2 is 2.31 bits per heavy atom. The molecule has 90 valence electrons. The molecule has 0 aliphatic rings. The predicted molar refractivity (Wildman–Crippen MR) is 71.9 cm³/mol. The Kier molecular flexibility index (Phi) is 4.69. The molecule has 1 N–H and O–H groups in total. The van der Waals surface area contributed by atoms with Crippen LogP contribution in [0, 0.1) is 6.92 Å². The Morgan fingerprint density at radius 1 is 1.62 bits per heavy atom. The first-order chi connectivity index (χ1) is 7.45. The van der Waals surface area contributed by atoms with Gasteiger partial charge in [-0.3, -0.25) is 0 Å². The van der Waals surface area contributed by atoms with Crippen molar-refractivity contribution in [3.8, 4) is 0 Å². The summed E-state index contributed by atoms with van der Waals surface area (Å²) in [5.74, 6) is 0. The van der Waals surface area contributed by atoms with E-state index in [4.69, 9.17) is 0 Å². The minimum absolute atomic E-state index is 0.0421. The summed E-state index contributed by atoms with van der Waals surface area (Å²) in [5.41, 5.74) is -0.0421. The van der Waals surface area contributed by atoms with E-state index in [-0.39, 0.29) is 5.54 Å². The second-order valence-corrected chi connectivity index (χ2v) is 6.05. The molecule has 0 saturated heterocycles. The summed E-state index contributed by atoms with van der Waals surface area (Å²) < 4.78 is 0. The second-order valence-electron chi connectivity index (χ2n) is 4.81. The summed E-state index contributed by atoms with van der Waals surface area (Å²) in [4.78, 5) is 5.72. The summed E-state index contributed by atoms with van der Waals surface area (Å²) in [7, 11) is 0. The number of hydrogen-bond donors (Lipinski definition) is 1. The van der Waals surface area contributed by atoms with Crippen LogP contribution in [0.1, 0.15) is 43.5 Å². The average molecular weight is 238 g/mol. The van der Waals surface area contributed by atoms with E-state index >= 15 is 0 Å². The Bertz CT molecular complexity index is 341. The lowest BCUT2D eigenvalue weighted by Gasteiger charge is -2.28. The molecule has 1 rings (SSSR count). The molecule has 0 aliphatic carbocycles. The van der Waals surface area contributed by atoms with Crippen molar-refractivity contribution in [3.63, 3.8) is 0 Å². The molecule has 1 heterocycles. The Labute approximate surface area is 103 Å². The van der Waals surface area contributed by atoms with Crippen LogP contribution in [0.3, 0.4) is 0 Å². The SMILES string of the molecule is C=CCCC(C)NC(C)(C)c1ncc(C)s1. The third-order valence-corrected chi connectivity index (χ3v) is 3.80. The van der Waals surface area contributed by atoms with Crippen LogP contribution in [0.2, 0.25) is 0 Å². The molecule has 1 aromatic rings. The molecule has 0 fully saturated rings. The third kappa shape index (κ3) is 3.72. The van der Waals surface area contributed by atoms with Gasteiger partial charge >= 0.3 is 0 Å². The maximum atomic E-state index is 4.46. The lowest BCUT2D eigenvalue weighted by Crippen LogP contribution is -2.42. The zero-order valence-electron chi connectivity index (χ0n) is 10.7. The van der Waals surface area contributed by atoms with E-state index in [1.165, 1.54) is 4.88 Å². The van der Waals surface area contributed by atoms with Crippen LogP contribution < -0.4 is 5.32 Å². The normalized spacial score (nSPS) is 13.8. The van der Waals surface area contributed by atoms with E-state index in [9.17, 15) is 0 Å². The van der Waals surface area contributed by atoms with Gasteiger partial charge in [0.15, 0.2) is 0 Å². The van der Waals surface area contributed by atoms with Crippen LogP contribution in [0.15, 0.2) is 18.9 Å². The highest BCUT2D eigenvalue weighted by Gasteiger charge is 2.25. The molecule has 2 nitrogen and oxygen atoms in total. The van der Waals surface area contributed by atoms with E-state index in [2.05, 4.69) is 44.6 Å². The summed E-state index contributed by atoms with van der Waals surface area (Å²) in [6.07, 6.45) is 6.09. The zero-order chi connectivity index (χ0) is 12.2. The van der Waals surface area contributed by atoms with Gasteiger partial charge in [-0.05, 0) is 40.5 Å². The van der Waals surface area contributed by atoms with Gasteiger partial charge in [-0.25, -0.2) is 4.98 Å². The Hall–Kier alpha value is -0.670. The molecule has 0 aromatic carbocycles. The third-order valence-electron chi connectivity index (χ3n) is 2.57. The average Bonchev–Trinajstić information content (AvgIpc) is 2.62. The molecule has 0 spiro atoms. The number of aryl methyl sites for hydroxylation is 1. The van der Waals surface area contributed by atoms with Crippen molar-refractivity contribution >= 4 is 11.3 Å². The van der Waals surface area contributed by atoms with Crippen molar-refractivity contribution in [2.75, 3.05) is 0 Å². The van der Waals surface area contributed by atoms with Gasteiger partial charge < -0.3 is 5.32 Å². The van der Waals surface area contributed by atoms with Crippen LogP contribution in [0.4, 0.5) is 0 Å². The molecule has 16 heavy (non-hydrogen) atoms. The first-order valence-corrected chi connectivity index (χ1v) is 6.59. The van der Waals surface area contributed by atoms with Crippen LogP contribution in [-0.4, -0.2) is 11.0 Å². The van der Waals surface area contributed by atoms with Crippen LogP contribution >= 0.6 is 11.3 Å². The van der Waals surface area contributed by atoms with E-state index in [1.54, 1.807) is 11.3 Å². The smallest absolute Gasteiger partial charge is 0.112 e. The van der Waals surface area contributed by atoms with Crippen molar-refractivity contribution in [1.29, 1.82) is 0 Å². The Morgan fingerprint density at radius 3 is 2.81 bits per heavy atom. The predicted octanol–water partition coefficient (Wildman–Crippen LogP) is 3.63. The van der Waals surface area contributed by atoms with Gasteiger partial charge in [-0.2, -0.15) is 0 Å². The van der Waals surface area contributed by atoms with Crippen molar-refractivity contribution in [2.24, 2.45) is 0 Å². The molecule has 1 aromatic heterocycles. The standard InChI is InChI=1S/C13H22N2S/c1-6-7-8-10(2)15-13(4,5)12-14-9-11(3)16-12/h6,9-10,15H,1,7-8H2,2-5H3. The topological polar surface area (TPSA) is 24.9 Å². The number of nitrogens with zero attached hydrogens (tertiary/aromatic N) is 1. The highest BCUT2D eigenvalue weighted by Crippen LogP contribution is 2.25. The van der Waals surface area contributed by atoms with Crippen molar-refractivity contribution < 1.29 is 0 Å². The fourth-order valence-corrected chi connectivity index (χ4v) is 2.59. The monoisotopic (exact) mass is 238 g/mol. The van der Waals surface area contributed by atoms with Crippen molar-refractivity contribution in [1.82, 2.24) is 10.3 Å². The number of allylic oxidation sites excluding steroid dienone is 1. The minimum atomic E-state index is -0.0421. The largest absolute Gasteiger partial charge is 0.303 e. The fraction of sp³-hybridized carbons (Fsp3) is 0.615. The number of thiazole rings is 1. The summed E-state index contributed by atoms with van der Waals surface area (Å²) in [5, 5.41) is 4.78. The zero-order valence-corrected chi connectivity index (χ0v) is 11.5. The van der Waals surface area contributed by atoms with Gasteiger partial charge in [0.25, 0.3) is 0 Å². The fourth-order valence-electron chi connectivity index (χ4n) is 1.76. The van der Waals surface area contributed by atoms with Gasteiger partial charge in [0.05, 0.1) is 5.54 Å². The van der Waals surface area contributed by atoms with E-state index in [1.807, 2.05) is 12.3 Å². The van der Waals surface area contributed by atoms with Crippen LogP contribution in [-0.2, 0) is 5.54 Å². The Balaban J connectivity index is 2.60. The quantitative estimate of drug-likeness (QED) is 0.766. The van der Waals surface area contributed by atoms with Crippen LogP contribution in [0.5, 0.6) is 0 Å². The molecule has 0 aliphatic heterocycles. The number of nitrogens with one attached hydrogen (secondary N) is 1. The highest BCUT2D eigenvalue weighted by atomic mass is 32.1. The number of rotatable bonds is 6. The maximum Gasteiger partial charge on any atom is 0.112 e. The van der Waals surface area contributed by atoms with Gasteiger partial charge in [0, 0.05) is 17.1 Å². The van der Waals surface area contributed by atoms with E-state index in [0.29, 0.717) is 6.04 Å². The van der Waals surface area contributed by atoms with E-state index < -0.39 is 0 Å². The summed E-state index contributed by atoms with van der Waals surface area (Å²) in [6, 6.07) is 0.484. The molecule has 0 radical (unpaired) electrons. The summed E-state index contributed by atoms with van der Waals surface area (Å²) in [6.45, 7) is 12.4. The van der Waals surface area contributed by atoms with Gasteiger partial charge in [0.2, 0.25) is 0 Å². The van der Waals surface area contributed by atoms with E-state index in [0.717, 1.165) is 17.8 Å². The van der Waals surface area contributed by atoms with Gasteiger partial charge in [-0.15, -0.1) is 17.9 Å². The second kappa shape index (κ2) is 5.60. The number of hydrogen-bond acceptors (Lipinski definition) is 3. The first-order valence-electron chi connectivity index (χ1n) is 5.77. The molecule has 0 amide bonds. The lowest BCUT2D eigenvalue weighted by atomic mass is 10.0. The van der Waals surface area contributed by atoms with Crippen molar-refractivity contribution in [3.05, 3.63) is 28.7 Å². The first kappa shape index (κ1) is 13.4. The minimum Gasteiger partial charge on any atom is -0.303 e. The molecule has 3 heteroatoms. The number of aromatic nitrogens is 1.